The van der Waals surface area contributed by atoms with Crippen molar-refractivity contribution in [3.8, 4) is 5.75 Å². The lowest BCUT2D eigenvalue weighted by Gasteiger charge is -2.28. The number of nitrogens with zero attached hydrogens (tertiary/aromatic N) is 2. The van der Waals surface area contributed by atoms with Gasteiger partial charge in [-0.15, -0.1) is 0 Å². The summed E-state index contributed by atoms with van der Waals surface area (Å²) in [5.74, 6) is -0.136. The van der Waals surface area contributed by atoms with Gasteiger partial charge in [0, 0.05) is 17.3 Å². The Morgan fingerprint density at radius 1 is 1.25 bits per heavy atom. The van der Waals surface area contributed by atoms with E-state index >= 15 is 0 Å². The Morgan fingerprint density at radius 3 is 2.46 bits per heavy atom. The van der Waals surface area contributed by atoms with Gasteiger partial charge in [-0.3, -0.25) is 14.9 Å². The van der Waals surface area contributed by atoms with Crippen LogP contribution in [0, 0.1) is 10.1 Å². The molecule has 2 aromatic rings. The van der Waals surface area contributed by atoms with Gasteiger partial charge < -0.3 is 9.64 Å². The van der Waals surface area contributed by atoms with E-state index in [-0.39, 0.29) is 34.2 Å². The Kier molecular flexibility index (Phi) is 5.57. The summed E-state index contributed by atoms with van der Waals surface area (Å²) in [4.78, 5) is 25.1. The molecule has 1 aliphatic heterocycles. The van der Waals surface area contributed by atoms with Crippen molar-refractivity contribution in [2.45, 2.75) is 12.5 Å². The molecule has 2 aromatic carbocycles. The van der Waals surface area contributed by atoms with Crippen molar-refractivity contribution in [3.63, 3.8) is 0 Å². The van der Waals surface area contributed by atoms with Gasteiger partial charge in [0.05, 0.1) is 29.6 Å². The number of hydrogen-bond donors (Lipinski definition) is 0. The maximum atomic E-state index is 13.2. The molecule has 0 radical (unpaired) electrons. The molecule has 0 spiro atoms. The van der Waals surface area contributed by atoms with E-state index in [1.165, 1.54) is 24.1 Å². The van der Waals surface area contributed by atoms with Crippen molar-refractivity contribution >= 4 is 38.7 Å². The molecule has 1 unspecified atom stereocenters. The highest BCUT2D eigenvalue weighted by Crippen LogP contribution is 2.30. The lowest BCUT2D eigenvalue weighted by Crippen LogP contribution is -2.41. The minimum absolute atomic E-state index is 0.0155. The summed E-state index contributed by atoms with van der Waals surface area (Å²) < 4.78 is 29.0. The zero-order valence-electron chi connectivity index (χ0n) is 14.9. The topological polar surface area (TPSA) is 107 Å². The van der Waals surface area contributed by atoms with Crippen LogP contribution >= 0.6 is 11.6 Å². The number of sulfone groups is 1. The van der Waals surface area contributed by atoms with Gasteiger partial charge in [0.2, 0.25) is 0 Å². The highest BCUT2D eigenvalue weighted by molar-refractivity contribution is 7.91. The Morgan fingerprint density at radius 2 is 1.93 bits per heavy atom. The van der Waals surface area contributed by atoms with E-state index < -0.39 is 26.7 Å². The largest absolute Gasteiger partial charge is 0.497 e. The maximum absolute atomic E-state index is 13.2. The van der Waals surface area contributed by atoms with E-state index in [1.54, 1.807) is 24.3 Å². The highest BCUT2D eigenvalue weighted by Gasteiger charge is 2.36. The summed E-state index contributed by atoms with van der Waals surface area (Å²) in [6, 6.07) is 9.80. The molecule has 1 aliphatic rings. The van der Waals surface area contributed by atoms with Crippen molar-refractivity contribution in [2.75, 3.05) is 23.5 Å². The second kappa shape index (κ2) is 7.76. The molecule has 0 bridgehead atoms. The average molecular weight is 425 g/mol. The van der Waals surface area contributed by atoms with Gasteiger partial charge >= 0.3 is 0 Å². The molecule has 0 N–H and O–H groups in total. The molecule has 0 saturated carbocycles. The standard InChI is InChI=1S/C18H17ClN2O6S/c1-27-15-5-3-13(4-6-15)20(14-8-9-28(25,26)11-14)18(22)12-2-7-16(19)17(10-12)21(23)24/h2-7,10,14H,8-9,11H2,1H3. The number of nitro benzene ring substituents is 1. The van der Waals surface area contributed by atoms with Crippen LogP contribution in [0.3, 0.4) is 0 Å². The van der Waals surface area contributed by atoms with Crippen LogP contribution in [-0.4, -0.2) is 43.9 Å². The fraction of sp³-hybridized carbons (Fsp3) is 0.278. The molecule has 1 amide bonds. The number of amides is 1. The summed E-state index contributed by atoms with van der Waals surface area (Å²) in [6.07, 6.45) is 0.287. The van der Waals surface area contributed by atoms with Crippen LogP contribution in [0.25, 0.3) is 0 Å². The third-order valence-electron chi connectivity index (χ3n) is 4.53. The van der Waals surface area contributed by atoms with E-state index in [0.29, 0.717) is 11.4 Å². The Labute approximate surface area is 166 Å². The summed E-state index contributed by atoms with van der Waals surface area (Å²) in [5.41, 5.74) is 0.142. The summed E-state index contributed by atoms with van der Waals surface area (Å²) in [6.45, 7) is 0. The zero-order chi connectivity index (χ0) is 20.5. The maximum Gasteiger partial charge on any atom is 0.288 e. The normalized spacial score (nSPS) is 17.9. The lowest BCUT2D eigenvalue weighted by atomic mass is 10.1. The van der Waals surface area contributed by atoms with Crippen molar-refractivity contribution < 1.29 is 22.9 Å². The van der Waals surface area contributed by atoms with Gasteiger partial charge in [-0.2, -0.15) is 0 Å². The number of benzene rings is 2. The SMILES string of the molecule is COc1ccc(N(C(=O)c2ccc(Cl)c([N+](=O)[O-])c2)C2CCS(=O)(=O)C2)cc1. The van der Waals surface area contributed by atoms with Crippen LogP contribution in [-0.2, 0) is 9.84 Å². The molecule has 1 atom stereocenters. The van der Waals surface area contributed by atoms with Gasteiger partial charge in [0.25, 0.3) is 11.6 Å². The number of nitro groups is 1. The first-order chi connectivity index (χ1) is 13.2. The second-order valence-corrected chi connectivity index (χ2v) is 8.99. The number of hydrogen-bond acceptors (Lipinski definition) is 6. The first kappa shape index (κ1) is 20.1. The van der Waals surface area contributed by atoms with Crippen molar-refractivity contribution in [1.29, 1.82) is 0 Å². The molecule has 10 heteroatoms. The molecule has 1 fully saturated rings. The van der Waals surface area contributed by atoms with Crippen LogP contribution in [0.1, 0.15) is 16.8 Å². The number of halogens is 1. The summed E-state index contributed by atoms with van der Waals surface area (Å²) >= 11 is 5.83. The van der Waals surface area contributed by atoms with E-state index in [4.69, 9.17) is 16.3 Å². The average Bonchev–Trinajstić information content (AvgIpc) is 3.02. The number of ether oxygens (including phenoxy) is 1. The summed E-state index contributed by atoms with van der Waals surface area (Å²) in [5, 5.41) is 11.1. The molecule has 148 valence electrons. The molecule has 8 nitrogen and oxygen atoms in total. The first-order valence-corrected chi connectivity index (χ1v) is 10.5. The minimum atomic E-state index is -3.25. The molecule has 0 aromatic heterocycles. The van der Waals surface area contributed by atoms with E-state index in [9.17, 15) is 23.3 Å². The van der Waals surface area contributed by atoms with Crippen LogP contribution in [0.2, 0.25) is 5.02 Å². The second-order valence-electron chi connectivity index (χ2n) is 6.35. The molecule has 28 heavy (non-hydrogen) atoms. The minimum Gasteiger partial charge on any atom is -0.497 e. The fourth-order valence-electron chi connectivity index (χ4n) is 3.14. The molecule has 1 heterocycles. The van der Waals surface area contributed by atoms with Crippen molar-refractivity contribution in [1.82, 2.24) is 0 Å². The molecule has 1 saturated heterocycles. The van der Waals surface area contributed by atoms with E-state index in [1.807, 2.05) is 0 Å². The van der Waals surface area contributed by atoms with Crippen LogP contribution in [0.5, 0.6) is 5.75 Å². The Hall–Kier alpha value is -2.65. The van der Waals surface area contributed by atoms with E-state index in [2.05, 4.69) is 0 Å². The van der Waals surface area contributed by atoms with E-state index in [0.717, 1.165) is 6.07 Å². The van der Waals surface area contributed by atoms with Gasteiger partial charge in [-0.25, -0.2) is 8.42 Å². The van der Waals surface area contributed by atoms with Gasteiger partial charge in [0.15, 0.2) is 9.84 Å². The van der Waals surface area contributed by atoms with Gasteiger partial charge in [-0.1, -0.05) is 11.6 Å². The van der Waals surface area contributed by atoms with Crippen LogP contribution < -0.4 is 9.64 Å². The highest BCUT2D eigenvalue weighted by atomic mass is 35.5. The van der Waals surface area contributed by atoms with Crippen LogP contribution in [0.15, 0.2) is 42.5 Å². The number of anilines is 1. The van der Waals surface area contributed by atoms with Crippen molar-refractivity contribution in [2.24, 2.45) is 0 Å². The quantitative estimate of drug-likeness (QED) is 0.539. The Bertz CT molecular complexity index is 1020. The number of carbonyl (C=O) groups is 1. The lowest BCUT2D eigenvalue weighted by molar-refractivity contribution is -0.384. The number of carbonyl (C=O) groups excluding carboxylic acids is 1. The van der Waals surface area contributed by atoms with Gasteiger partial charge in [-0.05, 0) is 42.8 Å². The molecular weight excluding hydrogens is 408 g/mol. The third kappa shape index (κ3) is 4.10. The number of methoxy groups -OCH3 is 1. The molecular formula is C18H17ClN2O6S. The Balaban J connectivity index is 2.04. The first-order valence-electron chi connectivity index (χ1n) is 8.34. The van der Waals surface area contributed by atoms with Crippen LogP contribution in [0.4, 0.5) is 11.4 Å². The predicted octanol–water partition coefficient (Wildman–Crippen LogP) is 3.09. The monoisotopic (exact) mass is 424 g/mol. The third-order valence-corrected chi connectivity index (χ3v) is 6.60. The molecule has 3 rings (SSSR count). The number of rotatable bonds is 5. The fourth-order valence-corrected chi connectivity index (χ4v) is 5.03. The smallest absolute Gasteiger partial charge is 0.288 e. The molecule has 0 aliphatic carbocycles. The predicted molar refractivity (Wildman–Crippen MR) is 105 cm³/mol. The zero-order valence-corrected chi connectivity index (χ0v) is 16.4. The van der Waals surface area contributed by atoms with Crippen molar-refractivity contribution in [3.05, 3.63) is 63.2 Å². The van der Waals surface area contributed by atoms with Gasteiger partial charge in [0.1, 0.15) is 10.8 Å². The summed E-state index contributed by atoms with van der Waals surface area (Å²) in [7, 11) is -1.75.